The topological polar surface area (TPSA) is 107 Å². The number of pyridine rings is 1. The molecule has 1 saturated heterocycles. The van der Waals surface area contributed by atoms with Gasteiger partial charge in [0.1, 0.15) is 17.3 Å². The Balaban J connectivity index is 1.58. The molecule has 2 aliphatic heterocycles. The van der Waals surface area contributed by atoms with Crippen LogP contribution in [0.1, 0.15) is 43.4 Å². The third-order valence-electron chi connectivity index (χ3n) is 5.35. The second kappa shape index (κ2) is 8.46. The molecule has 1 fully saturated rings. The molecule has 0 radical (unpaired) electrons. The van der Waals surface area contributed by atoms with Gasteiger partial charge in [-0.3, -0.25) is 4.79 Å². The van der Waals surface area contributed by atoms with Crippen LogP contribution in [0.2, 0.25) is 0 Å². The predicted molar refractivity (Wildman–Crippen MR) is 107 cm³/mol. The van der Waals surface area contributed by atoms with E-state index in [2.05, 4.69) is 16.4 Å². The van der Waals surface area contributed by atoms with Crippen molar-refractivity contribution in [3.8, 4) is 23.4 Å². The van der Waals surface area contributed by atoms with Crippen molar-refractivity contribution < 1.29 is 23.4 Å². The van der Waals surface area contributed by atoms with Crippen molar-refractivity contribution >= 4 is 5.91 Å². The van der Waals surface area contributed by atoms with E-state index in [0.29, 0.717) is 36.6 Å². The quantitative estimate of drug-likeness (QED) is 0.779. The summed E-state index contributed by atoms with van der Waals surface area (Å²) < 4.78 is 22.7. The number of furan rings is 1. The van der Waals surface area contributed by atoms with Gasteiger partial charge in [-0.1, -0.05) is 0 Å². The average Bonchev–Trinajstić information content (AvgIpc) is 3.43. The molecule has 30 heavy (non-hydrogen) atoms. The zero-order valence-electron chi connectivity index (χ0n) is 17.2. The molecule has 0 aromatic carbocycles. The molecular formula is C22H25N3O5. The zero-order valence-corrected chi connectivity index (χ0v) is 17.2. The largest absolute Gasteiger partial charge is 0.467 e. The number of carbonyl (C=O) groups excluding carboxylic acids is 1. The summed E-state index contributed by atoms with van der Waals surface area (Å²) in [5.74, 6) is 0.413. The number of ether oxygens (including phenoxy) is 3. The van der Waals surface area contributed by atoms with Crippen LogP contribution in [-0.2, 0) is 27.3 Å². The van der Waals surface area contributed by atoms with Gasteiger partial charge in [-0.25, -0.2) is 4.98 Å². The van der Waals surface area contributed by atoms with Gasteiger partial charge >= 0.3 is 0 Å². The molecule has 1 unspecified atom stereocenters. The van der Waals surface area contributed by atoms with E-state index >= 15 is 0 Å². The smallest absolute Gasteiger partial charge is 0.258 e. The van der Waals surface area contributed by atoms with E-state index in [9.17, 15) is 10.1 Å². The highest BCUT2D eigenvalue weighted by Gasteiger charge is 2.33. The lowest BCUT2D eigenvalue weighted by Gasteiger charge is -2.33. The molecule has 1 N–H and O–H groups in total. The van der Waals surface area contributed by atoms with Crippen LogP contribution in [0.4, 0.5) is 0 Å². The van der Waals surface area contributed by atoms with E-state index in [1.165, 1.54) is 0 Å². The monoisotopic (exact) mass is 411 g/mol. The van der Waals surface area contributed by atoms with Crippen LogP contribution in [0.5, 0.6) is 5.88 Å². The number of nitrogens with one attached hydrogen (secondary N) is 1. The minimum absolute atomic E-state index is 0.0540. The molecule has 158 valence electrons. The lowest BCUT2D eigenvalue weighted by Crippen LogP contribution is -2.35. The highest BCUT2D eigenvalue weighted by molar-refractivity contribution is 5.77. The molecule has 8 nitrogen and oxygen atoms in total. The molecule has 4 rings (SSSR count). The Morgan fingerprint density at radius 3 is 3.00 bits per heavy atom. The SMILES string of the molecule is CC1(C)Cc2c(C#N)c(OCC(=O)NCC3CCCO3)nc(-c3ccco3)c2CO1. The minimum Gasteiger partial charge on any atom is -0.467 e. The van der Waals surface area contributed by atoms with E-state index in [4.69, 9.17) is 18.6 Å². The van der Waals surface area contributed by atoms with Gasteiger partial charge in [0.15, 0.2) is 12.4 Å². The molecule has 0 aliphatic carbocycles. The summed E-state index contributed by atoms with van der Waals surface area (Å²) in [6.45, 7) is 5.23. The van der Waals surface area contributed by atoms with Crippen LogP contribution in [0.25, 0.3) is 11.5 Å². The van der Waals surface area contributed by atoms with Gasteiger partial charge in [0, 0.05) is 25.1 Å². The van der Waals surface area contributed by atoms with Crippen molar-refractivity contribution in [1.82, 2.24) is 10.3 Å². The summed E-state index contributed by atoms with van der Waals surface area (Å²) in [5.41, 5.74) is 2.12. The van der Waals surface area contributed by atoms with E-state index < -0.39 is 5.60 Å². The normalized spacial score (nSPS) is 19.7. The van der Waals surface area contributed by atoms with Crippen LogP contribution in [0, 0.1) is 11.3 Å². The summed E-state index contributed by atoms with van der Waals surface area (Å²) in [4.78, 5) is 16.8. The van der Waals surface area contributed by atoms with E-state index in [1.54, 1.807) is 18.4 Å². The third-order valence-corrected chi connectivity index (χ3v) is 5.35. The van der Waals surface area contributed by atoms with Crippen molar-refractivity contribution in [3.05, 3.63) is 35.1 Å². The molecular weight excluding hydrogens is 386 g/mol. The van der Waals surface area contributed by atoms with E-state index in [1.807, 2.05) is 13.8 Å². The molecule has 8 heteroatoms. The number of nitrogens with zero attached hydrogens (tertiary/aromatic N) is 2. The van der Waals surface area contributed by atoms with Gasteiger partial charge in [-0.15, -0.1) is 0 Å². The van der Waals surface area contributed by atoms with Crippen molar-refractivity contribution in [3.63, 3.8) is 0 Å². The molecule has 0 bridgehead atoms. The van der Waals surface area contributed by atoms with Crippen LogP contribution in [-0.4, -0.2) is 42.4 Å². The summed E-state index contributed by atoms with van der Waals surface area (Å²) >= 11 is 0. The molecule has 2 aliphatic rings. The Kier molecular flexibility index (Phi) is 5.75. The molecule has 1 amide bonds. The minimum atomic E-state index is -0.420. The Hall–Kier alpha value is -2.89. The van der Waals surface area contributed by atoms with Crippen LogP contribution >= 0.6 is 0 Å². The number of aromatic nitrogens is 1. The molecule has 2 aromatic rings. The highest BCUT2D eigenvalue weighted by Crippen LogP contribution is 2.38. The fraction of sp³-hybridized carbons (Fsp3) is 0.500. The second-order valence-electron chi connectivity index (χ2n) is 8.14. The molecule has 0 spiro atoms. The fourth-order valence-electron chi connectivity index (χ4n) is 3.80. The maximum absolute atomic E-state index is 12.2. The van der Waals surface area contributed by atoms with Crippen molar-refractivity contribution in [1.29, 1.82) is 5.26 Å². The fourth-order valence-corrected chi connectivity index (χ4v) is 3.80. The van der Waals surface area contributed by atoms with E-state index in [0.717, 1.165) is 30.6 Å². The lowest BCUT2D eigenvalue weighted by molar-refractivity contribution is -0.123. The van der Waals surface area contributed by atoms with Crippen LogP contribution in [0.15, 0.2) is 22.8 Å². The maximum Gasteiger partial charge on any atom is 0.258 e. The van der Waals surface area contributed by atoms with Crippen molar-refractivity contribution in [2.75, 3.05) is 19.8 Å². The summed E-state index contributed by atoms with van der Waals surface area (Å²) in [5, 5.41) is 12.6. The summed E-state index contributed by atoms with van der Waals surface area (Å²) in [6, 6.07) is 5.78. The van der Waals surface area contributed by atoms with Crippen LogP contribution in [0.3, 0.4) is 0 Å². The molecule has 0 saturated carbocycles. The third kappa shape index (κ3) is 4.32. The Bertz CT molecular complexity index is 956. The second-order valence-corrected chi connectivity index (χ2v) is 8.14. The zero-order chi connectivity index (χ0) is 21.1. The van der Waals surface area contributed by atoms with Gasteiger partial charge in [-0.05, 0) is 44.4 Å². The van der Waals surface area contributed by atoms with Gasteiger partial charge in [-0.2, -0.15) is 5.26 Å². The van der Waals surface area contributed by atoms with Gasteiger partial charge in [0.05, 0.1) is 24.6 Å². The van der Waals surface area contributed by atoms with Crippen molar-refractivity contribution in [2.45, 2.75) is 51.4 Å². The number of fused-ring (bicyclic) bond motifs is 1. The Morgan fingerprint density at radius 2 is 2.30 bits per heavy atom. The summed E-state index contributed by atoms with van der Waals surface area (Å²) in [7, 11) is 0. The lowest BCUT2D eigenvalue weighted by atomic mass is 9.88. The highest BCUT2D eigenvalue weighted by atomic mass is 16.5. The molecule has 2 aromatic heterocycles. The number of hydrogen-bond donors (Lipinski definition) is 1. The van der Waals surface area contributed by atoms with Gasteiger partial charge < -0.3 is 23.9 Å². The number of carbonyl (C=O) groups is 1. The van der Waals surface area contributed by atoms with Crippen LogP contribution < -0.4 is 10.1 Å². The molecule has 1 atom stereocenters. The predicted octanol–water partition coefficient (Wildman–Crippen LogP) is 2.74. The van der Waals surface area contributed by atoms with E-state index in [-0.39, 0.29) is 24.5 Å². The first-order valence-corrected chi connectivity index (χ1v) is 10.1. The number of nitriles is 1. The van der Waals surface area contributed by atoms with Crippen molar-refractivity contribution in [2.24, 2.45) is 0 Å². The first kappa shape index (κ1) is 20.4. The Morgan fingerprint density at radius 1 is 1.43 bits per heavy atom. The Labute approximate surface area is 175 Å². The van der Waals surface area contributed by atoms with Gasteiger partial charge in [0.25, 0.3) is 5.91 Å². The molecule has 4 heterocycles. The standard InChI is InChI=1S/C22H25N3O5/c1-22(2)9-15-16(10-23)21(29-13-19(26)24-11-14-5-3-7-27-14)25-20(17(15)12-30-22)18-6-4-8-28-18/h4,6,8,14H,3,5,7,9,11-13H2,1-2H3,(H,24,26). The first-order chi connectivity index (χ1) is 14.5. The summed E-state index contributed by atoms with van der Waals surface area (Å²) in [6.07, 6.45) is 4.10. The number of amides is 1. The average molecular weight is 411 g/mol. The van der Waals surface area contributed by atoms with Gasteiger partial charge in [0.2, 0.25) is 5.88 Å². The number of rotatable bonds is 6. The maximum atomic E-state index is 12.2. The first-order valence-electron chi connectivity index (χ1n) is 10.1. The number of hydrogen-bond acceptors (Lipinski definition) is 7.